The van der Waals surface area contributed by atoms with Gasteiger partial charge in [0.05, 0.1) is 18.1 Å². The number of amides is 2. The summed E-state index contributed by atoms with van der Waals surface area (Å²) in [5, 5.41) is 14.5. The smallest absolute Gasteiger partial charge is 0.254 e. The molecule has 1 heterocycles. The Morgan fingerprint density at radius 1 is 1.14 bits per heavy atom. The van der Waals surface area contributed by atoms with Crippen LogP contribution in [-0.2, 0) is 9.59 Å². The number of phenols is 1. The van der Waals surface area contributed by atoms with Crippen LogP contribution >= 0.6 is 0 Å². The van der Waals surface area contributed by atoms with Crippen molar-refractivity contribution in [3.05, 3.63) is 42.0 Å². The summed E-state index contributed by atoms with van der Waals surface area (Å²) in [5.41, 5.74) is 0.647. The first-order chi connectivity index (χ1) is 10.1. The number of fused-ring (bicyclic) bond motifs is 5. The molecule has 1 aromatic carbocycles. The van der Waals surface area contributed by atoms with E-state index < -0.39 is 0 Å². The third kappa shape index (κ3) is 1.73. The van der Waals surface area contributed by atoms with Crippen molar-refractivity contribution in [2.45, 2.75) is 6.42 Å². The van der Waals surface area contributed by atoms with Gasteiger partial charge in [-0.05, 0) is 36.0 Å². The Morgan fingerprint density at radius 2 is 1.81 bits per heavy atom. The molecule has 0 radical (unpaired) electrons. The minimum absolute atomic E-state index is 0.122. The number of aromatic hydroxyl groups is 1. The zero-order valence-electron chi connectivity index (χ0n) is 11.2. The van der Waals surface area contributed by atoms with Crippen LogP contribution in [0.1, 0.15) is 12.0 Å². The number of carbonyl (C=O) groups excluding carboxylic acids is 2. The van der Waals surface area contributed by atoms with Crippen molar-refractivity contribution in [3.63, 3.8) is 0 Å². The van der Waals surface area contributed by atoms with E-state index in [1.807, 2.05) is 0 Å². The molecule has 0 spiro atoms. The van der Waals surface area contributed by atoms with Crippen molar-refractivity contribution in [3.8, 4) is 5.75 Å². The summed E-state index contributed by atoms with van der Waals surface area (Å²) in [6.45, 7) is 0. The summed E-state index contributed by atoms with van der Waals surface area (Å²) in [5.74, 6) is -0.342. The van der Waals surface area contributed by atoms with E-state index in [9.17, 15) is 14.7 Å². The predicted molar refractivity (Wildman–Crippen MR) is 75.3 cm³/mol. The zero-order chi connectivity index (χ0) is 14.6. The fraction of sp³-hybridized carbons (Fsp3) is 0.312. The average molecular weight is 282 g/mol. The van der Waals surface area contributed by atoms with Crippen LogP contribution < -0.4 is 0 Å². The fourth-order valence-electron chi connectivity index (χ4n) is 3.73. The SMILES string of the molecule is O=C1[C@@H]2[C@@H](C(=O)N1/N=C\c1cccc(O)c1)[C@H]1C=C[C@@H]2C1. The number of nitrogens with zero attached hydrogens (tertiary/aromatic N) is 2. The van der Waals surface area contributed by atoms with Gasteiger partial charge in [0.2, 0.25) is 0 Å². The minimum atomic E-state index is -0.228. The highest BCUT2D eigenvalue weighted by atomic mass is 16.3. The number of allylic oxidation sites excluding steroid dienone is 2. The van der Waals surface area contributed by atoms with Crippen molar-refractivity contribution >= 4 is 18.0 Å². The number of hydrogen-bond donors (Lipinski definition) is 1. The van der Waals surface area contributed by atoms with Gasteiger partial charge in [-0.1, -0.05) is 24.3 Å². The van der Waals surface area contributed by atoms with Gasteiger partial charge in [-0.3, -0.25) is 9.59 Å². The molecule has 2 fully saturated rings. The molecular formula is C16H14N2O3. The van der Waals surface area contributed by atoms with Crippen molar-refractivity contribution < 1.29 is 14.7 Å². The molecule has 21 heavy (non-hydrogen) atoms. The summed E-state index contributed by atoms with van der Waals surface area (Å²) < 4.78 is 0. The van der Waals surface area contributed by atoms with E-state index in [-0.39, 0.29) is 41.2 Å². The van der Waals surface area contributed by atoms with Crippen LogP contribution in [0.25, 0.3) is 0 Å². The molecule has 0 aromatic heterocycles. The number of benzene rings is 1. The highest BCUT2D eigenvalue weighted by molar-refractivity contribution is 6.06. The largest absolute Gasteiger partial charge is 0.508 e. The molecule has 4 atom stereocenters. The van der Waals surface area contributed by atoms with Crippen LogP contribution in [0, 0.1) is 23.7 Å². The standard InChI is InChI=1S/C16H14N2O3/c19-12-3-1-2-9(6-12)8-17-18-15(20)13-10-4-5-11(7-10)14(13)16(18)21/h1-6,8,10-11,13-14,19H,7H2/b17-8-/t10-,11+,13-,14-/m0/s1. The number of carbonyl (C=O) groups is 2. The van der Waals surface area contributed by atoms with Gasteiger partial charge in [0.1, 0.15) is 5.75 Å². The molecule has 2 aliphatic carbocycles. The number of hydrazone groups is 1. The summed E-state index contributed by atoms with van der Waals surface area (Å²) in [6, 6.07) is 6.52. The van der Waals surface area contributed by atoms with Crippen LogP contribution in [0.4, 0.5) is 0 Å². The Hall–Kier alpha value is -2.43. The molecule has 5 nitrogen and oxygen atoms in total. The maximum atomic E-state index is 12.4. The van der Waals surface area contributed by atoms with Gasteiger partial charge in [-0.25, -0.2) is 0 Å². The molecule has 2 bridgehead atoms. The van der Waals surface area contributed by atoms with Crippen LogP contribution in [-0.4, -0.2) is 28.1 Å². The Labute approximate surface area is 121 Å². The lowest BCUT2D eigenvalue weighted by Crippen LogP contribution is -2.28. The highest BCUT2D eigenvalue weighted by Crippen LogP contribution is 2.52. The van der Waals surface area contributed by atoms with Gasteiger partial charge >= 0.3 is 0 Å². The molecule has 106 valence electrons. The second-order valence-corrected chi connectivity index (χ2v) is 5.83. The second kappa shape index (κ2) is 4.28. The number of phenolic OH excluding ortho intramolecular Hbond substituents is 1. The Kier molecular flexibility index (Phi) is 2.51. The molecule has 1 saturated carbocycles. The summed E-state index contributed by atoms with van der Waals surface area (Å²) in [6.07, 6.45) is 6.46. The van der Waals surface area contributed by atoms with Crippen LogP contribution in [0.2, 0.25) is 0 Å². The molecule has 1 aliphatic heterocycles. The van der Waals surface area contributed by atoms with E-state index in [1.54, 1.807) is 18.2 Å². The second-order valence-electron chi connectivity index (χ2n) is 5.83. The van der Waals surface area contributed by atoms with E-state index in [0.29, 0.717) is 5.56 Å². The third-order valence-electron chi connectivity index (χ3n) is 4.64. The molecular weight excluding hydrogens is 268 g/mol. The first kappa shape index (κ1) is 12.3. The number of imide groups is 1. The maximum Gasteiger partial charge on any atom is 0.254 e. The third-order valence-corrected chi connectivity index (χ3v) is 4.64. The van der Waals surface area contributed by atoms with Gasteiger partial charge in [0.15, 0.2) is 0 Å². The molecule has 0 unspecified atom stereocenters. The van der Waals surface area contributed by atoms with Gasteiger partial charge in [0, 0.05) is 0 Å². The summed E-state index contributed by atoms with van der Waals surface area (Å²) in [4.78, 5) is 24.8. The van der Waals surface area contributed by atoms with Crippen LogP contribution in [0.5, 0.6) is 5.75 Å². The van der Waals surface area contributed by atoms with Gasteiger partial charge in [-0.15, -0.1) is 0 Å². The van der Waals surface area contributed by atoms with E-state index in [0.717, 1.165) is 11.4 Å². The lowest BCUT2D eigenvalue weighted by molar-refractivity contribution is -0.140. The average Bonchev–Trinajstić information content (AvgIpc) is 3.12. The van der Waals surface area contributed by atoms with Crippen molar-refractivity contribution in [2.75, 3.05) is 0 Å². The first-order valence-corrected chi connectivity index (χ1v) is 7.04. The summed E-state index contributed by atoms with van der Waals surface area (Å²) >= 11 is 0. The molecule has 3 aliphatic rings. The van der Waals surface area contributed by atoms with Crippen LogP contribution in [0.3, 0.4) is 0 Å². The fourth-order valence-corrected chi connectivity index (χ4v) is 3.73. The predicted octanol–water partition coefficient (Wildman–Crippen LogP) is 1.53. The lowest BCUT2D eigenvalue weighted by atomic mass is 9.85. The van der Waals surface area contributed by atoms with Crippen molar-refractivity contribution in [1.82, 2.24) is 5.01 Å². The van der Waals surface area contributed by atoms with Crippen LogP contribution in [0.15, 0.2) is 41.5 Å². The molecule has 2 amide bonds. The lowest BCUT2D eigenvalue weighted by Gasteiger charge is -2.13. The minimum Gasteiger partial charge on any atom is -0.508 e. The van der Waals surface area contributed by atoms with Gasteiger partial charge < -0.3 is 5.11 Å². The van der Waals surface area contributed by atoms with Gasteiger partial charge in [-0.2, -0.15) is 10.1 Å². The molecule has 4 rings (SSSR count). The van der Waals surface area contributed by atoms with E-state index >= 15 is 0 Å². The topological polar surface area (TPSA) is 70.0 Å². The first-order valence-electron chi connectivity index (χ1n) is 7.04. The number of hydrogen-bond acceptors (Lipinski definition) is 4. The van der Waals surface area contributed by atoms with Gasteiger partial charge in [0.25, 0.3) is 11.8 Å². The van der Waals surface area contributed by atoms with E-state index in [4.69, 9.17) is 0 Å². The summed E-state index contributed by atoms with van der Waals surface area (Å²) in [7, 11) is 0. The highest BCUT2D eigenvalue weighted by Gasteiger charge is 2.59. The normalized spacial score (nSPS) is 33.4. The van der Waals surface area contributed by atoms with E-state index in [2.05, 4.69) is 17.3 Å². The monoisotopic (exact) mass is 282 g/mol. The Bertz CT molecular complexity index is 665. The molecule has 1 N–H and O–H groups in total. The number of rotatable bonds is 2. The molecule has 1 saturated heterocycles. The molecule has 1 aromatic rings. The van der Waals surface area contributed by atoms with Crippen molar-refractivity contribution in [2.24, 2.45) is 28.8 Å². The quantitative estimate of drug-likeness (QED) is 0.508. The maximum absolute atomic E-state index is 12.4. The molecule has 5 heteroatoms. The van der Waals surface area contributed by atoms with Crippen molar-refractivity contribution in [1.29, 1.82) is 0 Å². The van der Waals surface area contributed by atoms with E-state index in [1.165, 1.54) is 12.3 Å². The Balaban J connectivity index is 1.60. The Morgan fingerprint density at radius 3 is 2.43 bits per heavy atom. The zero-order valence-corrected chi connectivity index (χ0v) is 11.2.